The molecule has 1 aromatic heterocycles. The first-order valence-corrected chi connectivity index (χ1v) is 8.10. The highest BCUT2D eigenvalue weighted by atomic mass is 19.1. The number of hydrogen-bond donors (Lipinski definition) is 1. The van der Waals surface area contributed by atoms with Crippen molar-refractivity contribution in [2.24, 2.45) is 0 Å². The zero-order chi connectivity index (χ0) is 18.9. The van der Waals surface area contributed by atoms with E-state index in [2.05, 4.69) is 4.98 Å². The summed E-state index contributed by atoms with van der Waals surface area (Å²) in [4.78, 5) is 30.1. The molecule has 2 aliphatic rings. The van der Waals surface area contributed by atoms with Crippen molar-refractivity contribution >= 4 is 17.1 Å². The monoisotopic (exact) mass is 361 g/mol. The molecule has 0 bridgehead atoms. The molecular weight excluding hydrogens is 352 g/mol. The van der Waals surface area contributed by atoms with Gasteiger partial charge in [0.1, 0.15) is 17.4 Å². The number of fused-ring (bicyclic) bond motifs is 4. The first-order chi connectivity index (χ1) is 13.0. The van der Waals surface area contributed by atoms with Gasteiger partial charge in [0.25, 0.3) is 0 Å². The summed E-state index contributed by atoms with van der Waals surface area (Å²) in [7, 11) is 0. The van der Waals surface area contributed by atoms with Gasteiger partial charge in [-0.25, -0.2) is 8.78 Å². The molecule has 0 amide bonds. The molecule has 2 aromatic carbocycles. The van der Waals surface area contributed by atoms with Crippen molar-refractivity contribution in [2.45, 2.75) is 0 Å². The van der Waals surface area contributed by atoms with Gasteiger partial charge in [0.2, 0.25) is 11.6 Å². The molecule has 3 aromatic rings. The molecule has 0 radical (unpaired) electrons. The second-order valence-electron chi connectivity index (χ2n) is 6.29. The third-order valence-electron chi connectivity index (χ3n) is 4.89. The number of nitrogens with zero attached hydrogens (tertiary/aromatic N) is 1. The maximum absolute atomic E-state index is 14.2. The zero-order valence-corrected chi connectivity index (χ0v) is 13.6. The lowest BCUT2D eigenvalue weighted by Crippen LogP contribution is -2.05. The van der Waals surface area contributed by atoms with E-state index in [0.29, 0.717) is 22.4 Å². The topological polar surface area (TPSA) is 67.3 Å². The van der Waals surface area contributed by atoms with Crippen LogP contribution in [0.15, 0.2) is 54.2 Å². The van der Waals surface area contributed by atoms with E-state index in [1.54, 1.807) is 24.3 Å². The van der Waals surface area contributed by atoms with Crippen LogP contribution in [0.3, 0.4) is 0 Å². The largest absolute Gasteiger partial charge is 0.507 e. The molecule has 4 nitrogen and oxygen atoms in total. The number of pyridine rings is 1. The van der Waals surface area contributed by atoms with E-state index in [9.17, 15) is 23.5 Å². The minimum Gasteiger partial charge on any atom is -0.507 e. The summed E-state index contributed by atoms with van der Waals surface area (Å²) in [5.74, 6) is -3.68. The van der Waals surface area contributed by atoms with Gasteiger partial charge in [-0.05, 0) is 29.8 Å². The Bertz CT molecular complexity index is 1200. The maximum atomic E-state index is 14.2. The Balaban J connectivity index is 1.91. The lowest BCUT2D eigenvalue weighted by atomic mass is 9.95. The number of aromatic hydroxyl groups is 1. The van der Waals surface area contributed by atoms with Gasteiger partial charge in [0.05, 0.1) is 28.0 Å². The fraction of sp³-hybridized carbons (Fsp3) is 0. The molecule has 5 rings (SSSR count). The lowest BCUT2D eigenvalue weighted by Gasteiger charge is -2.06. The number of aromatic nitrogens is 1. The number of rotatable bonds is 0. The minimum atomic E-state index is -0.944. The van der Waals surface area contributed by atoms with Gasteiger partial charge in [-0.2, -0.15) is 0 Å². The van der Waals surface area contributed by atoms with E-state index < -0.39 is 34.3 Å². The quantitative estimate of drug-likeness (QED) is 0.381. The second kappa shape index (κ2) is 5.17. The van der Waals surface area contributed by atoms with Crippen LogP contribution in [0.4, 0.5) is 8.78 Å². The Kier molecular flexibility index (Phi) is 2.98. The molecule has 0 atom stereocenters. The number of carbonyl (C=O) groups excluding carboxylic acids is 2. The lowest BCUT2D eigenvalue weighted by molar-refractivity contribution is 0.0988. The highest BCUT2D eigenvalue weighted by Gasteiger charge is 2.43. The van der Waals surface area contributed by atoms with Crippen LogP contribution in [-0.2, 0) is 0 Å². The number of hydrogen-bond acceptors (Lipinski definition) is 4. The van der Waals surface area contributed by atoms with Crippen LogP contribution < -0.4 is 0 Å². The highest BCUT2D eigenvalue weighted by molar-refractivity contribution is 6.43. The number of benzene rings is 2. The summed E-state index contributed by atoms with van der Waals surface area (Å²) in [5, 5.41) is 10.3. The van der Waals surface area contributed by atoms with E-state index >= 15 is 0 Å². The van der Waals surface area contributed by atoms with Gasteiger partial charge < -0.3 is 5.11 Å². The smallest absolute Gasteiger partial charge is 0.201 e. The molecular formula is C21H9F2NO3. The number of Topliss-reactive ketones (excluding diaryl/α,β-unsaturated/α-hetero) is 2. The van der Waals surface area contributed by atoms with E-state index in [-0.39, 0.29) is 16.9 Å². The van der Waals surface area contributed by atoms with E-state index in [4.69, 9.17) is 0 Å². The van der Waals surface area contributed by atoms with Crippen LogP contribution in [-0.4, -0.2) is 21.7 Å². The average molecular weight is 361 g/mol. The number of ketones is 2. The predicted octanol–water partition coefficient (Wildman–Crippen LogP) is 3.93. The normalized spacial score (nSPS) is 14.4. The molecule has 2 aliphatic carbocycles. The highest BCUT2D eigenvalue weighted by Crippen LogP contribution is 2.50. The molecule has 0 unspecified atom stereocenters. The van der Waals surface area contributed by atoms with Crippen molar-refractivity contribution in [3.63, 3.8) is 0 Å². The summed E-state index contributed by atoms with van der Waals surface area (Å²) in [6.45, 7) is 0. The van der Waals surface area contributed by atoms with Crippen molar-refractivity contribution < 1.29 is 23.5 Å². The fourth-order valence-corrected chi connectivity index (χ4v) is 3.79. The molecule has 130 valence electrons. The first-order valence-electron chi connectivity index (χ1n) is 8.10. The third kappa shape index (κ3) is 1.87. The summed E-state index contributed by atoms with van der Waals surface area (Å²) >= 11 is 0. The molecule has 27 heavy (non-hydrogen) atoms. The Morgan fingerprint density at radius 3 is 2.04 bits per heavy atom. The molecule has 0 fully saturated rings. The summed E-state index contributed by atoms with van der Waals surface area (Å²) in [6.07, 6.45) is 1.52. The molecule has 0 saturated heterocycles. The Morgan fingerprint density at radius 1 is 0.741 bits per heavy atom. The summed E-state index contributed by atoms with van der Waals surface area (Å²) in [6, 6.07) is 9.61. The number of halogens is 2. The Morgan fingerprint density at radius 2 is 1.37 bits per heavy atom. The van der Waals surface area contributed by atoms with Crippen LogP contribution in [0.1, 0.15) is 31.8 Å². The van der Waals surface area contributed by atoms with E-state index in [0.717, 1.165) is 12.1 Å². The van der Waals surface area contributed by atoms with Crippen molar-refractivity contribution in [2.75, 3.05) is 0 Å². The predicted molar refractivity (Wildman–Crippen MR) is 92.4 cm³/mol. The van der Waals surface area contributed by atoms with Gasteiger partial charge in [-0.3, -0.25) is 14.6 Å². The Labute approximate surface area is 151 Å². The third-order valence-corrected chi connectivity index (χ3v) is 4.89. The van der Waals surface area contributed by atoms with Crippen molar-refractivity contribution in [3.05, 3.63) is 88.1 Å². The van der Waals surface area contributed by atoms with Gasteiger partial charge in [-0.15, -0.1) is 0 Å². The zero-order valence-electron chi connectivity index (χ0n) is 13.6. The van der Waals surface area contributed by atoms with Gasteiger partial charge >= 0.3 is 0 Å². The number of phenols is 1. The van der Waals surface area contributed by atoms with Crippen molar-refractivity contribution in [3.8, 4) is 17.0 Å². The van der Waals surface area contributed by atoms with Crippen LogP contribution in [0.25, 0.3) is 16.8 Å². The van der Waals surface area contributed by atoms with Gasteiger partial charge in [0, 0.05) is 17.3 Å². The minimum absolute atomic E-state index is 0.0594. The van der Waals surface area contributed by atoms with Crippen molar-refractivity contribution in [1.82, 2.24) is 4.98 Å². The molecule has 0 saturated carbocycles. The maximum Gasteiger partial charge on any atom is 0.201 e. The molecule has 0 spiro atoms. The Hall–Kier alpha value is -3.67. The first kappa shape index (κ1) is 15.6. The van der Waals surface area contributed by atoms with Crippen LogP contribution in [0, 0.1) is 11.6 Å². The van der Waals surface area contributed by atoms with Crippen molar-refractivity contribution in [1.29, 1.82) is 0 Å². The molecule has 1 heterocycles. The van der Waals surface area contributed by atoms with Crippen LogP contribution in [0.5, 0.6) is 5.75 Å². The summed E-state index contributed by atoms with van der Waals surface area (Å²) < 4.78 is 28.4. The molecule has 6 heteroatoms. The van der Waals surface area contributed by atoms with Gasteiger partial charge in [0.15, 0.2) is 0 Å². The second-order valence-corrected chi connectivity index (χ2v) is 6.29. The number of phenolic OH excluding ortho intramolecular Hbond substituents is 1. The summed E-state index contributed by atoms with van der Waals surface area (Å²) in [5.41, 5.74) is 0.483. The SMILES string of the molecule is O=C1C(=C2c3cccnc3-c3c(O)cccc32)C(=O)c2c(F)ccc(F)c21. The number of carbonyl (C=O) groups is 2. The number of allylic oxidation sites excluding steroid dienone is 1. The molecule has 1 N–H and O–H groups in total. The van der Waals surface area contributed by atoms with Gasteiger partial charge in [-0.1, -0.05) is 18.2 Å². The molecule has 0 aliphatic heterocycles. The van der Waals surface area contributed by atoms with E-state index in [1.165, 1.54) is 12.3 Å². The fourth-order valence-electron chi connectivity index (χ4n) is 3.79. The van der Waals surface area contributed by atoms with Crippen LogP contribution >= 0.6 is 0 Å². The average Bonchev–Trinajstić information content (AvgIpc) is 3.12. The van der Waals surface area contributed by atoms with E-state index in [1.807, 2.05) is 0 Å². The standard InChI is InChI=1S/C21H9F2NO3/c22-11-6-7-12(23)17-16(11)20(26)18(21(17)27)14-9-3-1-5-13(25)15(9)19-10(14)4-2-8-24-19/h1-8,25H. The van der Waals surface area contributed by atoms with Crippen LogP contribution in [0.2, 0.25) is 0 Å².